The van der Waals surface area contributed by atoms with Crippen LogP contribution in [0.4, 0.5) is 0 Å². The highest BCUT2D eigenvalue weighted by molar-refractivity contribution is 5.71. The van der Waals surface area contributed by atoms with Crippen molar-refractivity contribution in [3.05, 3.63) is 35.9 Å². The van der Waals surface area contributed by atoms with Crippen molar-refractivity contribution in [2.75, 3.05) is 6.61 Å². The van der Waals surface area contributed by atoms with Crippen LogP contribution in [-0.4, -0.2) is 24.6 Å². The molecule has 0 bridgehead atoms. The standard InChI is InChI=1S/C14H18O4/c1-3-17-14(16)10-13(18-11(2)15)9-12-7-5-4-6-8-12/h4-8,13H,3,9-10H2,1-2H3. The molecule has 0 heterocycles. The molecular formula is C14H18O4. The molecule has 1 aromatic rings. The zero-order valence-corrected chi connectivity index (χ0v) is 10.7. The lowest BCUT2D eigenvalue weighted by Crippen LogP contribution is -2.23. The molecule has 0 amide bonds. The van der Waals surface area contributed by atoms with Crippen molar-refractivity contribution in [3.63, 3.8) is 0 Å². The van der Waals surface area contributed by atoms with Crippen LogP contribution in [0.25, 0.3) is 0 Å². The topological polar surface area (TPSA) is 52.6 Å². The van der Waals surface area contributed by atoms with E-state index >= 15 is 0 Å². The SMILES string of the molecule is CCOC(=O)CC(Cc1ccccc1)OC(C)=O. The number of benzene rings is 1. The van der Waals surface area contributed by atoms with Gasteiger partial charge in [0.15, 0.2) is 0 Å². The first-order chi connectivity index (χ1) is 8.61. The number of carbonyl (C=O) groups is 2. The Hall–Kier alpha value is -1.84. The Morgan fingerprint density at radius 1 is 1.22 bits per heavy atom. The molecule has 4 nitrogen and oxygen atoms in total. The molecule has 18 heavy (non-hydrogen) atoms. The normalized spacial score (nSPS) is 11.7. The second-order valence-corrected chi connectivity index (χ2v) is 3.93. The summed E-state index contributed by atoms with van der Waals surface area (Å²) in [6.45, 7) is 3.41. The van der Waals surface area contributed by atoms with Crippen LogP contribution in [0.2, 0.25) is 0 Å². The van der Waals surface area contributed by atoms with E-state index in [9.17, 15) is 9.59 Å². The van der Waals surface area contributed by atoms with Gasteiger partial charge in [-0.3, -0.25) is 9.59 Å². The van der Waals surface area contributed by atoms with Crippen molar-refractivity contribution in [2.24, 2.45) is 0 Å². The van der Waals surface area contributed by atoms with E-state index in [4.69, 9.17) is 9.47 Å². The highest BCUT2D eigenvalue weighted by Gasteiger charge is 2.18. The van der Waals surface area contributed by atoms with Gasteiger partial charge in [0.1, 0.15) is 6.10 Å². The lowest BCUT2D eigenvalue weighted by atomic mass is 10.1. The zero-order chi connectivity index (χ0) is 13.4. The molecule has 0 N–H and O–H groups in total. The predicted octanol–water partition coefficient (Wildman–Crippen LogP) is 2.11. The van der Waals surface area contributed by atoms with Gasteiger partial charge in [-0.1, -0.05) is 30.3 Å². The number of rotatable bonds is 6. The molecule has 4 heteroatoms. The first kappa shape index (κ1) is 14.2. The van der Waals surface area contributed by atoms with Gasteiger partial charge in [0.2, 0.25) is 0 Å². The summed E-state index contributed by atoms with van der Waals surface area (Å²) < 4.78 is 9.99. The van der Waals surface area contributed by atoms with Crippen LogP contribution in [0.3, 0.4) is 0 Å². The summed E-state index contributed by atoms with van der Waals surface area (Å²) in [6.07, 6.45) is 0.130. The van der Waals surface area contributed by atoms with E-state index in [1.807, 2.05) is 30.3 Å². The summed E-state index contributed by atoms with van der Waals surface area (Å²) in [5.74, 6) is -0.736. The Morgan fingerprint density at radius 3 is 2.44 bits per heavy atom. The van der Waals surface area contributed by atoms with Gasteiger partial charge in [-0.05, 0) is 12.5 Å². The maximum Gasteiger partial charge on any atom is 0.309 e. The quantitative estimate of drug-likeness (QED) is 0.726. The number of hydrogen-bond donors (Lipinski definition) is 0. The van der Waals surface area contributed by atoms with Gasteiger partial charge < -0.3 is 9.47 Å². The Bertz CT molecular complexity index is 386. The second kappa shape index (κ2) is 7.48. The van der Waals surface area contributed by atoms with Gasteiger partial charge in [0.25, 0.3) is 0 Å². The largest absolute Gasteiger partial charge is 0.466 e. The van der Waals surface area contributed by atoms with Crippen molar-refractivity contribution in [1.82, 2.24) is 0 Å². The van der Waals surface area contributed by atoms with Crippen molar-refractivity contribution in [2.45, 2.75) is 32.8 Å². The fourth-order valence-electron chi connectivity index (χ4n) is 1.67. The number of ether oxygens (including phenoxy) is 2. The molecule has 0 saturated heterocycles. The molecule has 0 aliphatic carbocycles. The summed E-state index contributed by atoms with van der Waals surface area (Å²) >= 11 is 0. The zero-order valence-electron chi connectivity index (χ0n) is 10.7. The number of hydrogen-bond acceptors (Lipinski definition) is 4. The van der Waals surface area contributed by atoms with Gasteiger partial charge >= 0.3 is 11.9 Å². The molecule has 0 fully saturated rings. The summed E-state index contributed by atoms with van der Waals surface area (Å²) in [6, 6.07) is 9.59. The van der Waals surface area contributed by atoms with Crippen molar-refractivity contribution in [1.29, 1.82) is 0 Å². The molecule has 98 valence electrons. The summed E-state index contributed by atoms with van der Waals surface area (Å²) in [5.41, 5.74) is 1.02. The fourth-order valence-corrected chi connectivity index (χ4v) is 1.67. The van der Waals surface area contributed by atoms with Crippen LogP contribution < -0.4 is 0 Å². The highest BCUT2D eigenvalue weighted by Crippen LogP contribution is 2.10. The van der Waals surface area contributed by atoms with Gasteiger partial charge in [0, 0.05) is 13.3 Å². The Labute approximate surface area is 107 Å². The van der Waals surface area contributed by atoms with E-state index in [2.05, 4.69) is 0 Å². The van der Waals surface area contributed by atoms with Crippen molar-refractivity contribution >= 4 is 11.9 Å². The first-order valence-electron chi connectivity index (χ1n) is 5.98. The average molecular weight is 250 g/mol. The molecule has 1 rings (SSSR count). The maximum atomic E-state index is 11.4. The first-order valence-corrected chi connectivity index (χ1v) is 5.98. The van der Waals surface area contributed by atoms with E-state index in [0.717, 1.165) is 5.56 Å². The Morgan fingerprint density at radius 2 is 1.89 bits per heavy atom. The monoisotopic (exact) mass is 250 g/mol. The molecule has 1 aromatic carbocycles. The highest BCUT2D eigenvalue weighted by atomic mass is 16.6. The molecule has 1 atom stereocenters. The van der Waals surface area contributed by atoms with E-state index in [1.165, 1.54) is 6.92 Å². The molecule has 0 radical (unpaired) electrons. The van der Waals surface area contributed by atoms with E-state index in [1.54, 1.807) is 6.92 Å². The van der Waals surface area contributed by atoms with Crippen LogP contribution >= 0.6 is 0 Å². The maximum absolute atomic E-state index is 11.4. The molecule has 0 aliphatic rings. The van der Waals surface area contributed by atoms with Gasteiger partial charge in [-0.2, -0.15) is 0 Å². The molecular weight excluding hydrogens is 232 g/mol. The smallest absolute Gasteiger partial charge is 0.309 e. The lowest BCUT2D eigenvalue weighted by molar-refractivity contribution is -0.153. The average Bonchev–Trinajstić information content (AvgIpc) is 2.29. The van der Waals surface area contributed by atoms with Gasteiger partial charge in [-0.15, -0.1) is 0 Å². The van der Waals surface area contributed by atoms with Gasteiger partial charge in [-0.25, -0.2) is 0 Å². The molecule has 0 saturated carbocycles. The van der Waals surface area contributed by atoms with Crippen LogP contribution in [0.1, 0.15) is 25.8 Å². The number of esters is 2. The van der Waals surface area contributed by atoms with Crippen LogP contribution in [0, 0.1) is 0 Å². The minimum absolute atomic E-state index is 0.0856. The van der Waals surface area contributed by atoms with Crippen LogP contribution in [0.15, 0.2) is 30.3 Å². The molecule has 0 aliphatic heterocycles. The van der Waals surface area contributed by atoms with Gasteiger partial charge in [0.05, 0.1) is 13.0 Å². The predicted molar refractivity (Wildman–Crippen MR) is 67.0 cm³/mol. The fraction of sp³-hybridized carbons (Fsp3) is 0.429. The molecule has 0 spiro atoms. The van der Waals surface area contributed by atoms with E-state index < -0.39 is 6.10 Å². The van der Waals surface area contributed by atoms with Crippen molar-refractivity contribution < 1.29 is 19.1 Å². The Balaban J connectivity index is 2.60. The van der Waals surface area contributed by atoms with E-state index in [0.29, 0.717) is 13.0 Å². The summed E-state index contributed by atoms with van der Waals surface area (Å²) in [5, 5.41) is 0. The third-order valence-electron chi connectivity index (χ3n) is 2.34. The third kappa shape index (κ3) is 5.48. The third-order valence-corrected chi connectivity index (χ3v) is 2.34. The summed E-state index contributed by atoms with van der Waals surface area (Å²) in [4.78, 5) is 22.4. The lowest BCUT2D eigenvalue weighted by Gasteiger charge is -2.16. The minimum Gasteiger partial charge on any atom is -0.466 e. The Kier molecular flexibility index (Phi) is 5.91. The van der Waals surface area contributed by atoms with Crippen molar-refractivity contribution in [3.8, 4) is 0 Å². The van der Waals surface area contributed by atoms with Crippen LogP contribution in [-0.2, 0) is 25.5 Å². The molecule has 0 aromatic heterocycles. The summed E-state index contributed by atoms with van der Waals surface area (Å²) in [7, 11) is 0. The van der Waals surface area contributed by atoms with Crippen LogP contribution in [0.5, 0.6) is 0 Å². The second-order valence-electron chi connectivity index (χ2n) is 3.93. The molecule has 1 unspecified atom stereocenters. The minimum atomic E-state index is -0.469. The number of carbonyl (C=O) groups excluding carboxylic acids is 2. The van der Waals surface area contributed by atoms with E-state index in [-0.39, 0.29) is 18.4 Å².